The molecular formula is C15H25MoN+2. The van der Waals surface area contributed by atoms with Gasteiger partial charge in [-0.1, -0.05) is 0 Å². The van der Waals surface area contributed by atoms with Gasteiger partial charge < -0.3 is 0 Å². The Morgan fingerprint density at radius 3 is 1.88 bits per heavy atom. The Balaban J connectivity index is 1.81. The Morgan fingerprint density at radius 2 is 1.47 bits per heavy atom. The molecule has 0 radical (unpaired) electrons. The summed E-state index contributed by atoms with van der Waals surface area (Å²) in [6.07, 6.45) is 8.96. The summed E-state index contributed by atoms with van der Waals surface area (Å²) in [6.45, 7) is 6.94. The monoisotopic (exact) mass is 317 g/mol. The zero-order valence-electron chi connectivity index (χ0n) is 11.4. The molecule has 1 nitrogen and oxygen atoms in total. The molecule has 0 aromatic carbocycles. The third-order valence-electron chi connectivity index (χ3n) is 4.66. The van der Waals surface area contributed by atoms with Crippen molar-refractivity contribution in [3.8, 4) is 0 Å². The fraction of sp³-hybridized carbons (Fsp3) is 0.933. The first-order valence-electron chi connectivity index (χ1n) is 7.17. The van der Waals surface area contributed by atoms with E-state index in [9.17, 15) is 0 Å². The Morgan fingerprint density at radius 1 is 1.00 bits per heavy atom. The zero-order chi connectivity index (χ0) is 12.1. The van der Waals surface area contributed by atoms with Crippen LogP contribution in [-0.2, 0) is 17.9 Å². The van der Waals surface area contributed by atoms with E-state index in [2.05, 4.69) is 25.2 Å². The molecule has 0 aromatic rings. The van der Waals surface area contributed by atoms with Crippen molar-refractivity contribution in [1.82, 2.24) is 0 Å². The van der Waals surface area contributed by atoms with Gasteiger partial charge in [-0.05, 0) is 0 Å². The summed E-state index contributed by atoms with van der Waals surface area (Å²) in [6, 6.07) is 0. The average Bonchev–Trinajstić information content (AvgIpc) is 2.11. The third kappa shape index (κ3) is 2.70. The van der Waals surface area contributed by atoms with Crippen molar-refractivity contribution in [2.24, 2.45) is 26.7 Å². The molecule has 0 unspecified atom stereocenters. The van der Waals surface area contributed by atoms with Gasteiger partial charge in [0.05, 0.1) is 0 Å². The van der Waals surface area contributed by atoms with E-state index in [-0.39, 0.29) is 17.9 Å². The summed E-state index contributed by atoms with van der Waals surface area (Å²) in [5.74, 6) is 3.14. The topological polar surface area (TPSA) is 12.4 Å². The molecule has 0 aromatic heterocycles. The van der Waals surface area contributed by atoms with E-state index in [1.807, 2.05) is 0 Å². The fourth-order valence-corrected chi connectivity index (χ4v) is 6.48. The molecule has 94 valence electrons. The summed E-state index contributed by atoms with van der Waals surface area (Å²) in [5, 5.41) is 0. The second kappa shape index (κ2) is 4.19. The molecule has 4 saturated carbocycles. The SMILES string of the molecule is CC(C)(C)[CH]=[Mo+2]=[N]C12CC3CC(CC(C3)C1)C2. The molecule has 17 heavy (non-hydrogen) atoms. The second-order valence-corrected chi connectivity index (χ2v) is 9.37. The van der Waals surface area contributed by atoms with Gasteiger partial charge in [0.15, 0.2) is 0 Å². The van der Waals surface area contributed by atoms with E-state index in [1.165, 1.54) is 38.5 Å². The van der Waals surface area contributed by atoms with Crippen LogP contribution >= 0.6 is 0 Å². The fourth-order valence-electron chi connectivity index (χ4n) is 4.47. The van der Waals surface area contributed by atoms with Crippen molar-refractivity contribution in [1.29, 1.82) is 0 Å². The van der Waals surface area contributed by atoms with Gasteiger partial charge >= 0.3 is 114 Å². The van der Waals surface area contributed by atoms with Gasteiger partial charge in [0, 0.05) is 0 Å². The molecule has 4 bridgehead atoms. The van der Waals surface area contributed by atoms with Gasteiger partial charge in [-0.3, -0.25) is 0 Å². The van der Waals surface area contributed by atoms with Crippen molar-refractivity contribution in [2.45, 2.75) is 64.8 Å². The van der Waals surface area contributed by atoms with Crippen LogP contribution in [0.5, 0.6) is 0 Å². The second-order valence-electron chi connectivity index (χ2n) is 7.82. The van der Waals surface area contributed by atoms with Crippen molar-refractivity contribution >= 4 is 4.40 Å². The first-order chi connectivity index (χ1) is 7.94. The minimum absolute atomic E-state index is 0.214. The molecule has 4 aliphatic rings. The van der Waals surface area contributed by atoms with Crippen LogP contribution in [0, 0.1) is 23.2 Å². The maximum atomic E-state index is 5.28. The molecule has 4 aliphatic carbocycles. The van der Waals surface area contributed by atoms with E-state index in [0.717, 1.165) is 17.8 Å². The van der Waals surface area contributed by atoms with Gasteiger partial charge in [-0.25, -0.2) is 0 Å². The van der Waals surface area contributed by atoms with E-state index < -0.39 is 0 Å². The van der Waals surface area contributed by atoms with E-state index in [0.29, 0.717) is 11.0 Å². The van der Waals surface area contributed by atoms with Gasteiger partial charge in [-0.2, -0.15) is 0 Å². The summed E-state index contributed by atoms with van der Waals surface area (Å²) >= 11 is -0.214. The van der Waals surface area contributed by atoms with Crippen LogP contribution in [0.15, 0.2) is 3.50 Å². The molecule has 4 rings (SSSR count). The molecule has 0 saturated heterocycles. The molecule has 0 amide bonds. The summed E-state index contributed by atoms with van der Waals surface area (Å²) < 4.78 is 7.80. The Bertz CT molecular complexity index is 336. The van der Waals surface area contributed by atoms with Crippen molar-refractivity contribution < 1.29 is 17.9 Å². The van der Waals surface area contributed by atoms with Crippen LogP contribution in [-0.4, -0.2) is 9.94 Å². The normalized spacial score (nSPS) is 43.4. The molecule has 4 fully saturated rings. The van der Waals surface area contributed by atoms with Crippen molar-refractivity contribution in [3.05, 3.63) is 0 Å². The Kier molecular flexibility index (Phi) is 3.05. The summed E-state index contributed by atoms with van der Waals surface area (Å²) in [7, 11) is 0. The van der Waals surface area contributed by atoms with Crippen LogP contribution in [0.4, 0.5) is 0 Å². The predicted octanol–water partition coefficient (Wildman–Crippen LogP) is 4.07. The number of hydrogen-bond donors (Lipinski definition) is 0. The first-order valence-corrected chi connectivity index (χ1v) is 9.22. The van der Waals surface area contributed by atoms with Gasteiger partial charge in [0.25, 0.3) is 0 Å². The maximum absolute atomic E-state index is 5.28. The first kappa shape index (κ1) is 12.4. The van der Waals surface area contributed by atoms with Crippen LogP contribution in [0.1, 0.15) is 59.3 Å². The molecule has 0 N–H and O–H groups in total. The minimum atomic E-state index is -0.214. The van der Waals surface area contributed by atoms with Gasteiger partial charge in [-0.15, -0.1) is 0 Å². The zero-order valence-corrected chi connectivity index (χ0v) is 13.4. The van der Waals surface area contributed by atoms with Crippen molar-refractivity contribution in [3.63, 3.8) is 0 Å². The molecule has 0 heterocycles. The molecule has 0 aliphatic heterocycles. The number of nitrogens with zero attached hydrogens (tertiary/aromatic N) is 1. The third-order valence-corrected chi connectivity index (χ3v) is 7.87. The van der Waals surface area contributed by atoms with E-state index in [1.54, 1.807) is 0 Å². The van der Waals surface area contributed by atoms with E-state index in [4.69, 9.17) is 3.50 Å². The number of rotatable bonds is 1. The summed E-state index contributed by atoms with van der Waals surface area (Å²) in [5.41, 5.74) is 0.854. The predicted molar refractivity (Wildman–Crippen MR) is 68.9 cm³/mol. The molecule has 0 spiro atoms. The van der Waals surface area contributed by atoms with Crippen LogP contribution < -0.4 is 0 Å². The van der Waals surface area contributed by atoms with E-state index >= 15 is 0 Å². The average molecular weight is 315 g/mol. The van der Waals surface area contributed by atoms with Gasteiger partial charge in [0.1, 0.15) is 0 Å². The standard InChI is InChI=1S/C10H15N.C5H10.Mo/c11-10-4-7-1-8(5-10)3-9(2-7)6-10;1-5(2,3)4;/h7-9H,1-6H2;1H,2-4H3;/q;;+2. The van der Waals surface area contributed by atoms with Gasteiger partial charge in [0.2, 0.25) is 0 Å². The molecular weight excluding hydrogens is 290 g/mol. The van der Waals surface area contributed by atoms with Crippen LogP contribution in [0.3, 0.4) is 0 Å². The van der Waals surface area contributed by atoms with Crippen LogP contribution in [0.25, 0.3) is 0 Å². The summed E-state index contributed by atoms with van der Waals surface area (Å²) in [4.78, 5) is 0. The quantitative estimate of drug-likeness (QED) is 0.647. The van der Waals surface area contributed by atoms with Crippen molar-refractivity contribution in [2.75, 3.05) is 0 Å². The van der Waals surface area contributed by atoms with Crippen LogP contribution in [0.2, 0.25) is 0 Å². The molecule has 0 atom stereocenters. The Labute approximate surface area is 114 Å². The molecule has 2 heteroatoms. The number of hydrogen-bond acceptors (Lipinski definition) is 1. The Hall–Kier alpha value is 0.358.